The summed E-state index contributed by atoms with van der Waals surface area (Å²) in [5.41, 5.74) is 10.2. The number of anilines is 3. The fourth-order valence-corrected chi connectivity index (χ4v) is 4.09. The van der Waals surface area contributed by atoms with Crippen LogP contribution in [0.4, 0.5) is 17.5 Å². The van der Waals surface area contributed by atoms with E-state index in [0.717, 1.165) is 67.0 Å². The van der Waals surface area contributed by atoms with Gasteiger partial charge in [0.25, 0.3) is 0 Å². The normalized spacial score (nSPS) is 14.2. The molecule has 1 fully saturated rings. The van der Waals surface area contributed by atoms with Crippen LogP contribution in [0.3, 0.4) is 0 Å². The Morgan fingerprint density at radius 3 is 2.47 bits per heavy atom. The number of hydrogen-bond acceptors (Lipinski definition) is 5. The van der Waals surface area contributed by atoms with Gasteiger partial charge in [-0.15, -0.1) is 0 Å². The van der Waals surface area contributed by atoms with Crippen LogP contribution in [0.5, 0.6) is 0 Å². The Morgan fingerprint density at radius 2 is 1.84 bits per heavy atom. The molecule has 0 atom stereocenters. The van der Waals surface area contributed by atoms with E-state index in [1.807, 2.05) is 0 Å². The highest BCUT2D eigenvalue weighted by atomic mass is 15.3. The second kappa shape index (κ2) is 9.49. The first-order chi connectivity index (χ1) is 15.4. The Morgan fingerprint density at radius 1 is 1.09 bits per heavy atom. The van der Waals surface area contributed by atoms with Gasteiger partial charge in [0, 0.05) is 25.3 Å². The van der Waals surface area contributed by atoms with E-state index in [2.05, 4.69) is 78.9 Å². The molecular formula is C26H38N6. The van der Waals surface area contributed by atoms with Gasteiger partial charge < -0.3 is 16.0 Å². The third-order valence-corrected chi connectivity index (χ3v) is 6.16. The van der Waals surface area contributed by atoms with E-state index >= 15 is 0 Å². The van der Waals surface area contributed by atoms with E-state index in [-0.39, 0.29) is 5.41 Å². The van der Waals surface area contributed by atoms with Crippen molar-refractivity contribution in [2.75, 3.05) is 29.9 Å². The average Bonchev–Trinajstić information content (AvgIpc) is 3.52. The van der Waals surface area contributed by atoms with Gasteiger partial charge in [0.05, 0.1) is 0 Å². The lowest BCUT2D eigenvalue weighted by Gasteiger charge is -2.23. The molecular weight excluding hydrogens is 396 g/mol. The lowest BCUT2D eigenvalue weighted by Crippen LogP contribution is -2.27. The molecule has 3 N–H and O–H groups in total. The van der Waals surface area contributed by atoms with Crippen LogP contribution >= 0.6 is 0 Å². The molecule has 1 aliphatic rings. The Labute approximate surface area is 192 Å². The zero-order chi connectivity index (χ0) is 22.7. The predicted molar refractivity (Wildman–Crippen MR) is 135 cm³/mol. The summed E-state index contributed by atoms with van der Waals surface area (Å²) >= 11 is 0. The van der Waals surface area contributed by atoms with Gasteiger partial charge in [-0.3, -0.25) is 4.57 Å². The van der Waals surface area contributed by atoms with Crippen LogP contribution in [-0.2, 0) is 12.0 Å². The maximum Gasteiger partial charge on any atom is 0.209 e. The van der Waals surface area contributed by atoms with Crippen LogP contribution < -0.4 is 16.0 Å². The number of imidazole rings is 1. The van der Waals surface area contributed by atoms with Gasteiger partial charge in [-0.2, -0.15) is 0 Å². The zero-order valence-electron chi connectivity index (χ0n) is 20.1. The second-order valence-corrected chi connectivity index (χ2v) is 10.1. The Hall–Kier alpha value is -2.60. The number of aromatic nitrogens is 3. The molecule has 0 unspecified atom stereocenters. The van der Waals surface area contributed by atoms with Crippen LogP contribution in [0.25, 0.3) is 11.2 Å². The number of rotatable bonds is 10. The molecule has 6 heteroatoms. The lowest BCUT2D eigenvalue weighted by atomic mass is 9.87. The Balaban J connectivity index is 1.65. The second-order valence-electron chi connectivity index (χ2n) is 10.1. The summed E-state index contributed by atoms with van der Waals surface area (Å²) in [5, 5.41) is 3.52. The van der Waals surface area contributed by atoms with Crippen molar-refractivity contribution in [2.24, 2.45) is 11.7 Å². The maximum absolute atomic E-state index is 5.85. The average molecular weight is 435 g/mol. The highest BCUT2D eigenvalue weighted by molar-refractivity contribution is 5.78. The minimum Gasteiger partial charge on any atom is -0.356 e. The summed E-state index contributed by atoms with van der Waals surface area (Å²) in [6.45, 7) is 12.5. The number of nitrogens with two attached hydrogens (primary N) is 1. The molecule has 0 radical (unpaired) electrons. The van der Waals surface area contributed by atoms with Crippen molar-refractivity contribution in [1.82, 2.24) is 14.5 Å². The van der Waals surface area contributed by atoms with Crippen LogP contribution in [0.15, 0.2) is 36.4 Å². The summed E-state index contributed by atoms with van der Waals surface area (Å²) in [7, 11) is 0. The summed E-state index contributed by atoms with van der Waals surface area (Å²) < 4.78 is 2.19. The van der Waals surface area contributed by atoms with Crippen LogP contribution in [0, 0.1) is 5.92 Å². The monoisotopic (exact) mass is 434 g/mol. The van der Waals surface area contributed by atoms with Crippen molar-refractivity contribution in [2.45, 2.75) is 65.3 Å². The standard InChI is InChI=1S/C26H38N6/c1-5-16-31(18-19-7-8-19)23-14-13-22-24(30-23)32(17-6-15-27)25(29-22)28-21-11-9-20(10-12-21)26(2,3)4/h9-14,19H,5-8,15-18,27H2,1-4H3,(H,28,29). The Kier molecular flexibility index (Phi) is 6.70. The van der Waals surface area contributed by atoms with Crippen molar-refractivity contribution >= 4 is 28.6 Å². The molecule has 0 spiro atoms. The Bertz CT molecular complexity index is 1030. The number of nitrogens with zero attached hydrogens (tertiary/aromatic N) is 4. The molecule has 2 heterocycles. The maximum atomic E-state index is 5.85. The van der Waals surface area contributed by atoms with Crippen molar-refractivity contribution in [3.63, 3.8) is 0 Å². The number of benzene rings is 1. The molecule has 2 aromatic heterocycles. The van der Waals surface area contributed by atoms with Gasteiger partial charge in [-0.05, 0) is 73.4 Å². The summed E-state index contributed by atoms with van der Waals surface area (Å²) in [5.74, 6) is 2.71. The molecule has 1 aromatic carbocycles. The molecule has 0 aliphatic heterocycles. The first-order valence-corrected chi connectivity index (χ1v) is 12.1. The molecule has 3 aromatic rings. The minimum atomic E-state index is 0.137. The molecule has 0 bridgehead atoms. The molecule has 0 saturated heterocycles. The van der Waals surface area contributed by atoms with Crippen molar-refractivity contribution in [1.29, 1.82) is 0 Å². The largest absolute Gasteiger partial charge is 0.356 e. The summed E-state index contributed by atoms with van der Waals surface area (Å²) in [6.07, 6.45) is 4.70. The molecule has 1 aliphatic carbocycles. The number of pyridine rings is 1. The molecule has 4 rings (SSSR count). The number of hydrogen-bond donors (Lipinski definition) is 2. The van der Waals surface area contributed by atoms with Gasteiger partial charge in [-0.25, -0.2) is 9.97 Å². The fraction of sp³-hybridized carbons (Fsp3) is 0.538. The summed E-state index contributed by atoms with van der Waals surface area (Å²) in [6, 6.07) is 12.9. The fourth-order valence-electron chi connectivity index (χ4n) is 4.09. The van der Waals surface area contributed by atoms with E-state index in [1.54, 1.807) is 0 Å². The van der Waals surface area contributed by atoms with E-state index in [9.17, 15) is 0 Å². The topological polar surface area (TPSA) is 72.0 Å². The van der Waals surface area contributed by atoms with Crippen molar-refractivity contribution in [3.8, 4) is 0 Å². The van der Waals surface area contributed by atoms with Gasteiger partial charge in [0.15, 0.2) is 5.65 Å². The SMILES string of the molecule is CCCN(CC1CC1)c1ccc2nc(Nc3ccc(C(C)(C)C)cc3)n(CCCN)c2n1. The third-order valence-electron chi connectivity index (χ3n) is 6.16. The van der Waals surface area contributed by atoms with E-state index in [1.165, 1.54) is 18.4 Å². The molecule has 172 valence electrons. The molecule has 6 nitrogen and oxygen atoms in total. The smallest absolute Gasteiger partial charge is 0.209 e. The first-order valence-electron chi connectivity index (χ1n) is 12.1. The van der Waals surface area contributed by atoms with E-state index in [4.69, 9.17) is 15.7 Å². The molecule has 32 heavy (non-hydrogen) atoms. The lowest BCUT2D eigenvalue weighted by molar-refractivity contribution is 0.590. The van der Waals surface area contributed by atoms with Crippen LogP contribution in [0.1, 0.15) is 58.9 Å². The van der Waals surface area contributed by atoms with Gasteiger partial charge in [-0.1, -0.05) is 39.8 Å². The number of fused-ring (bicyclic) bond motifs is 1. The van der Waals surface area contributed by atoms with E-state index < -0.39 is 0 Å². The van der Waals surface area contributed by atoms with Crippen LogP contribution in [-0.4, -0.2) is 34.2 Å². The van der Waals surface area contributed by atoms with Crippen LogP contribution in [0.2, 0.25) is 0 Å². The van der Waals surface area contributed by atoms with Crippen molar-refractivity contribution < 1.29 is 0 Å². The minimum absolute atomic E-state index is 0.137. The highest BCUT2D eigenvalue weighted by Crippen LogP contribution is 2.32. The van der Waals surface area contributed by atoms with E-state index in [0.29, 0.717) is 6.54 Å². The zero-order valence-corrected chi connectivity index (χ0v) is 20.1. The van der Waals surface area contributed by atoms with Crippen molar-refractivity contribution in [3.05, 3.63) is 42.0 Å². The number of aryl methyl sites for hydroxylation is 1. The number of nitrogens with one attached hydrogen (secondary N) is 1. The van der Waals surface area contributed by atoms with Gasteiger partial charge >= 0.3 is 0 Å². The summed E-state index contributed by atoms with van der Waals surface area (Å²) in [4.78, 5) is 12.4. The molecule has 1 saturated carbocycles. The highest BCUT2D eigenvalue weighted by Gasteiger charge is 2.25. The quantitative estimate of drug-likeness (QED) is 0.444. The molecule has 0 amide bonds. The van der Waals surface area contributed by atoms with Gasteiger partial charge in [0.2, 0.25) is 5.95 Å². The first kappa shape index (κ1) is 22.6. The third kappa shape index (κ3) is 5.23. The predicted octanol–water partition coefficient (Wildman–Crippen LogP) is 5.45. The van der Waals surface area contributed by atoms with Gasteiger partial charge in [0.1, 0.15) is 11.3 Å².